The normalized spacial score (nSPS) is 14.6. The molecule has 0 saturated carbocycles. The van der Waals surface area contributed by atoms with Crippen LogP contribution in [0.5, 0.6) is 0 Å². The lowest BCUT2D eigenvalue weighted by Crippen LogP contribution is -2.36. The molecule has 0 bridgehead atoms. The Kier molecular flexibility index (Phi) is 7.88. The first kappa shape index (κ1) is 23.8. The third-order valence-corrected chi connectivity index (χ3v) is 5.83. The zero-order chi connectivity index (χ0) is 23.3. The van der Waals surface area contributed by atoms with Crippen molar-refractivity contribution in [2.75, 3.05) is 37.7 Å². The van der Waals surface area contributed by atoms with E-state index < -0.39 is 0 Å². The molecule has 1 amide bonds. The van der Waals surface area contributed by atoms with Gasteiger partial charge in [-0.2, -0.15) is 5.10 Å². The third kappa shape index (κ3) is 5.66. The van der Waals surface area contributed by atoms with E-state index >= 15 is 0 Å². The maximum atomic E-state index is 13.1. The molecule has 32 heavy (non-hydrogen) atoms. The van der Waals surface area contributed by atoms with Crippen LogP contribution in [0.1, 0.15) is 54.5 Å². The molecule has 2 aromatic heterocycles. The summed E-state index contributed by atoms with van der Waals surface area (Å²) in [4.78, 5) is 33.5. The Morgan fingerprint density at radius 3 is 2.56 bits per heavy atom. The molecule has 0 radical (unpaired) electrons. The zero-order valence-corrected chi connectivity index (χ0v) is 19.9. The van der Waals surface area contributed by atoms with Crippen LogP contribution in [-0.2, 0) is 22.5 Å². The smallest absolute Gasteiger partial charge is 0.339 e. The van der Waals surface area contributed by atoms with Gasteiger partial charge in [-0.05, 0) is 45.2 Å². The Hall–Kier alpha value is -2.90. The molecule has 1 aliphatic rings. The van der Waals surface area contributed by atoms with Crippen LogP contribution in [0.2, 0.25) is 0 Å². The number of aromatic nitrogens is 3. The van der Waals surface area contributed by atoms with E-state index in [-0.39, 0.29) is 11.9 Å². The van der Waals surface area contributed by atoms with Gasteiger partial charge in [0.2, 0.25) is 5.91 Å². The number of rotatable bonds is 7. The van der Waals surface area contributed by atoms with Crippen molar-refractivity contribution < 1.29 is 14.3 Å². The highest BCUT2D eigenvalue weighted by Crippen LogP contribution is 2.18. The van der Waals surface area contributed by atoms with Crippen LogP contribution < -0.4 is 4.90 Å². The van der Waals surface area contributed by atoms with Crippen LogP contribution in [0.3, 0.4) is 0 Å². The molecule has 8 heteroatoms. The SMILES string of the molecule is CCOC(=O)c1ccc(N2CCCN(C(=O)Cc3c(C)nn(CC(C)C)c3C)CC2)nc1. The minimum Gasteiger partial charge on any atom is -0.462 e. The first-order chi connectivity index (χ1) is 15.3. The molecule has 2 aromatic rings. The van der Waals surface area contributed by atoms with Crippen LogP contribution in [0.25, 0.3) is 0 Å². The monoisotopic (exact) mass is 441 g/mol. The van der Waals surface area contributed by atoms with Gasteiger partial charge in [0.15, 0.2) is 0 Å². The van der Waals surface area contributed by atoms with E-state index in [9.17, 15) is 9.59 Å². The van der Waals surface area contributed by atoms with E-state index in [1.54, 1.807) is 19.2 Å². The summed E-state index contributed by atoms with van der Waals surface area (Å²) in [6.07, 6.45) is 2.82. The van der Waals surface area contributed by atoms with Crippen LogP contribution in [0.4, 0.5) is 5.82 Å². The molecule has 0 unspecified atom stereocenters. The predicted octanol–water partition coefficient (Wildman–Crippen LogP) is 3.01. The van der Waals surface area contributed by atoms with Gasteiger partial charge in [-0.1, -0.05) is 13.8 Å². The first-order valence-corrected chi connectivity index (χ1v) is 11.5. The van der Waals surface area contributed by atoms with Gasteiger partial charge in [0, 0.05) is 50.2 Å². The van der Waals surface area contributed by atoms with Gasteiger partial charge in [-0.15, -0.1) is 0 Å². The lowest BCUT2D eigenvalue weighted by Gasteiger charge is -2.23. The van der Waals surface area contributed by atoms with Gasteiger partial charge in [-0.3, -0.25) is 9.48 Å². The number of carbonyl (C=O) groups excluding carboxylic acids is 2. The molecule has 0 aromatic carbocycles. The van der Waals surface area contributed by atoms with E-state index in [1.807, 2.05) is 22.6 Å². The lowest BCUT2D eigenvalue weighted by molar-refractivity contribution is -0.130. The molecule has 1 saturated heterocycles. The maximum Gasteiger partial charge on any atom is 0.339 e. The summed E-state index contributed by atoms with van der Waals surface area (Å²) >= 11 is 0. The summed E-state index contributed by atoms with van der Waals surface area (Å²) < 4.78 is 7.04. The van der Waals surface area contributed by atoms with E-state index in [2.05, 4.69) is 35.8 Å². The van der Waals surface area contributed by atoms with Gasteiger partial charge in [-0.25, -0.2) is 9.78 Å². The van der Waals surface area contributed by atoms with Crippen LogP contribution in [-0.4, -0.2) is 64.3 Å². The first-order valence-electron chi connectivity index (χ1n) is 11.5. The number of aryl methyl sites for hydroxylation is 1. The highest BCUT2D eigenvalue weighted by Gasteiger charge is 2.23. The fraction of sp³-hybridized carbons (Fsp3) is 0.583. The van der Waals surface area contributed by atoms with Crippen molar-refractivity contribution >= 4 is 17.7 Å². The summed E-state index contributed by atoms with van der Waals surface area (Å²) in [5.41, 5.74) is 3.53. The Morgan fingerprint density at radius 2 is 1.91 bits per heavy atom. The minimum atomic E-state index is -0.360. The van der Waals surface area contributed by atoms with Crippen LogP contribution in [0.15, 0.2) is 18.3 Å². The number of ether oxygens (including phenoxy) is 1. The third-order valence-electron chi connectivity index (χ3n) is 5.83. The molecule has 174 valence electrons. The molecule has 1 aliphatic heterocycles. The molecule has 0 N–H and O–H groups in total. The summed E-state index contributed by atoms with van der Waals surface area (Å²) in [6, 6.07) is 3.59. The molecule has 8 nitrogen and oxygen atoms in total. The van der Waals surface area contributed by atoms with Crippen molar-refractivity contribution in [3.05, 3.63) is 40.8 Å². The van der Waals surface area contributed by atoms with E-state index in [0.29, 0.717) is 37.6 Å². The van der Waals surface area contributed by atoms with Crippen molar-refractivity contribution in [3.8, 4) is 0 Å². The fourth-order valence-electron chi connectivity index (χ4n) is 4.08. The average Bonchev–Trinajstić information content (AvgIpc) is 2.93. The molecule has 3 rings (SSSR count). The van der Waals surface area contributed by atoms with Crippen molar-refractivity contribution in [2.45, 2.75) is 54.0 Å². The summed E-state index contributed by atoms with van der Waals surface area (Å²) in [6.45, 7) is 14.3. The van der Waals surface area contributed by atoms with E-state index in [0.717, 1.165) is 48.8 Å². The van der Waals surface area contributed by atoms with Gasteiger partial charge in [0.05, 0.1) is 24.3 Å². The van der Waals surface area contributed by atoms with Crippen LogP contribution >= 0.6 is 0 Å². The predicted molar refractivity (Wildman–Crippen MR) is 124 cm³/mol. The number of hydrogen-bond donors (Lipinski definition) is 0. The van der Waals surface area contributed by atoms with E-state index in [1.165, 1.54) is 0 Å². The second-order valence-electron chi connectivity index (χ2n) is 8.75. The van der Waals surface area contributed by atoms with Gasteiger partial charge in [0.1, 0.15) is 5.82 Å². The number of esters is 1. The van der Waals surface area contributed by atoms with Gasteiger partial charge >= 0.3 is 5.97 Å². The van der Waals surface area contributed by atoms with Gasteiger partial charge < -0.3 is 14.5 Å². The maximum absolute atomic E-state index is 13.1. The van der Waals surface area contributed by atoms with Crippen molar-refractivity contribution in [3.63, 3.8) is 0 Å². The van der Waals surface area contributed by atoms with Crippen LogP contribution in [0, 0.1) is 19.8 Å². The molecule has 3 heterocycles. The number of hydrogen-bond acceptors (Lipinski definition) is 6. The number of anilines is 1. The van der Waals surface area contributed by atoms with E-state index in [4.69, 9.17) is 4.74 Å². The fourth-order valence-corrected chi connectivity index (χ4v) is 4.08. The zero-order valence-electron chi connectivity index (χ0n) is 19.9. The van der Waals surface area contributed by atoms with Crippen molar-refractivity contribution in [1.29, 1.82) is 0 Å². The molecule has 0 atom stereocenters. The summed E-state index contributed by atoms with van der Waals surface area (Å²) in [5, 5.41) is 4.65. The lowest BCUT2D eigenvalue weighted by atomic mass is 10.1. The molecule has 0 spiro atoms. The Balaban J connectivity index is 1.61. The molecule has 1 fully saturated rings. The topological polar surface area (TPSA) is 80.6 Å². The Labute approximate surface area is 190 Å². The highest BCUT2D eigenvalue weighted by atomic mass is 16.5. The molecular weight excluding hydrogens is 406 g/mol. The largest absolute Gasteiger partial charge is 0.462 e. The summed E-state index contributed by atoms with van der Waals surface area (Å²) in [7, 11) is 0. The Morgan fingerprint density at radius 1 is 1.12 bits per heavy atom. The minimum absolute atomic E-state index is 0.146. The molecular formula is C24H35N5O3. The second-order valence-corrected chi connectivity index (χ2v) is 8.75. The quantitative estimate of drug-likeness (QED) is 0.615. The van der Waals surface area contributed by atoms with Crippen molar-refractivity contribution in [2.24, 2.45) is 5.92 Å². The standard InChI is InChI=1S/C24H35N5O3/c1-6-32-24(31)20-8-9-22(25-15-20)27-10-7-11-28(13-12-27)23(30)14-21-18(4)26-29(19(21)5)16-17(2)3/h8-9,15,17H,6-7,10-14,16H2,1-5H3. The average molecular weight is 442 g/mol. The highest BCUT2D eigenvalue weighted by molar-refractivity contribution is 5.89. The number of pyridine rings is 1. The number of amides is 1. The number of nitrogens with zero attached hydrogens (tertiary/aromatic N) is 5. The molecule has 0 aliphatic carbocycles. The van der Waals surface area contributed by atoms with Crippen molar-refractivity contribution in [1.82, 2.24) is 19.7 Å². The number of carbonyl (C=O) groups is 2. The Bertz CT molecular complexity index is 936. The van der Waals surface area contributed by atoms with Gasteiger partial charge in [0.25, 0.3) is 0 Å². The summed E-state index contributed by atoms with van der Waals surface area (Å²) in [5.74, 6) is 1.11. The second kappa shape index (κ2) is 10.6.